The first kappa shape index (κ1) is 12.1. The molecular formula is C14H13NO3. The Bertz CT molecular complexity index is 593. The molecule has 2 rings (SSSR count). The molecule has 18 heavy (non-hydrogen) atoms. The Balaban J connectivity index is 2.55. The average Bonchev–Trinajstić information content (AvgIpc) is 2.38. The number of methoxy groups -OCH3 is 1. The molecule has 0 unspecified atom stereocenters. The van der Waals surface area contributed by atoms with Crippen molar-refractivity contribution in [3.8, 4) is 16.9 Å². The van der Waals surface area contributed by atoms with E-state index >= 15 is 0 Å². The second-order valence-corrected chi connectivity index (χ2v) is 3.89. The zero-order chi connectivity index (χ0) is 13.1. The van der Waals surface area contributed by atoms with Crippen molar-refractivity contribution in [3.05, 3.63) is 47.8 Å². The third-order valence-electron chi connectivity index (χ3n) is 2.72. The molecule has 1 N–H and O–H groups in total. The molecule has 2 aromatic rings. The molecule has 0 saturated carbocycles. The Morgan fingerprint density at radius 1 is 1.33 bits per heavy atom. The Kier molecular flexibility index (Phi) is 3.28. The minimum Gasteiger partial charge on any atom is -0.496 e. The smallest absolute Gasteiger partial charge is 0.355 e. The van der Waals surface area contributed by atoms with Gasteiger partial charge in [0, 0.05) is 11.8 Å². The van der Waals surface area contributed by atoms with Crippen LogP contribution in [0.25, 0.3) is 11.1 Å². The molecule has 0 aliphatic rings. The third kappa shape index (κ3) is 2.18. The highest BCUT2D eigenvalue weighted by Gasteiger charge is 2.13. The largest absolute Gasteiger partial charge is 0.496 e. The third-order valence-corrected chi connectivity index (χ3v) is 2.72. The molecule has 4 heteroatoms. The number of benzene rings is 1. The van der Waals surface area contributed by atoms with Crippen LogP contribution in [-0.4, -0.2) is 23.2 Å². The van der Waals surface area contributed by atoms with Crippen LogP contribution in [0.2, 0.25) is 0 Å². The van der Waals surface area contributed by atoms with Gasteiger partial charge in [0.15, 0.2) is 5.69 Å². The summed E-state index contributed by atoms with van der Waals surface area (Å²) >= 11 is 0. The normalized spacial score (nSPS) is 10.1. The highest BCUT2D eigenvalue weighted by molar-refractivity contribution is 5.93. The van der Waals surface area contributed by atoms with Gasteiger partial charge in [-0.15, -0.1) is 0 Å². The number of hydrogen-bond donors (Lipinski definition) is 1. The van der Waals surface area contributed by atoms with Crippen molar-refractivity contribution in [2.45, 2.75) is 6.92 Å². The van der Waals surface area contributed by atoms with Gasteiger partial charge in [-0.25, -0.2) is 9.78 Å². The summed E-state index contributed by atoms with van der Waals surface area (Å²) in [6.07, 6.45) is 1.48. The monoisotopic (exact) mass is 243 g/mol. The summed E-state index contributed by atoms with van der Waals surface area (Å²) in [5, 5.41) is 9.11. The van der Waals surface area contributed by atoms with Crippen LogP contribution >= 0.6 is 0 Å². The van der Waals surface area contributed by atoms with Crippen molar-refractivity contribution in [3.63, 3.8) is 0 Å². The molecule has 0 aliphatic heterocycles. The number of carbonyl (C=O) groups is 1. The SMILES string of the molecule is COc1ccc(-c2cccnc2C(=O)O)cc1C. The van der Waals surface area contributed by atoms with Gasteiger partial charge < -0.3 is 9.84 Å². The number of hydrogen-bond acceptors (Lipinski definition) is 3. The Morgan fingerprint density at radius 3 is 2.72 bits per heavy atom. The van der Waals surface area contributed by atoms with E-state index in [2.05, 4.69) is 4.98 Å². The predicted molar refractivity (Wildman–Crippen MR) is 67.9 cm³/mol. The van der Waals surface area contributed by atoms with Crippen LogP contribution in [0.3, 0.4) is 0 Å². The second-order valence-electron chi connectivity index (χ2n) is 3.89. The molecule has 1 aromatic carbocycles. The maximum Gasteiger partial charge on any atom is 0.355 e. The van der Waals surface area contributed by atoms with Gasteiger partial charge in [-0.3, -0.25) is 0 Å². The van der Waals surface area contributed by atoms with Crippen molar-refractivity contribution < 1.29 is 14.6 Å². The van der Waals surface area contributed by atoms with Crippen LogP contribution in [0.15, 0.2) is 36.5 Å². The predicted octanol–water partition coefficient (Wildman–Crippen LogP) is 2.76. The average molecular weight is 243 g/mol. The summed E-state index contributed by atoms with van der Waals surface area (Å²) in [4.78, 5) is 15.0. The minimum atomic E-state index is -1.03. The zero-order valence-electron chi connectivity index (χ0n) is 10.2. The molecular weight excluding hydrogens is 230 g/mol. The minimum absolute atomic E-state index is 0.0575. The maximum absolute atomic E-state index is 11.1. The van der Waals surface area contributed by atoms with Gasteiger partial charge in [-0.05, 0) is 36.2 Å². The fourth-order valence-electron chi connectivity index (χ4n) is 1.85. The molecule has 1 aromatic heterocycles. The number of aromatic carboxylic acids is 1. The number of aromatic nitrogens is 1. The van der Waals surface area contributed by atoms with Crippen molar-refractivity contribution in [1.29, 1.82) is 0 Å². The number of carboxylic acid groups (broad SMARTS) is 1. The van der Waals surface area contributed by atoms with Gasteiger partial charge in [-0.2, -0.15) is 0 Å². The van der Waals surface area contributed by atoms with Gasteiger partial charge in [0.25, 0.3) is 0 Å². The van der Waals surface area contributed by atoms with E-state index in [1.165, 1.54) is 6.20 Å². The van der Waals surface area contributed by atoms with E-state index < -0.39 is 5.97 Å². The molecule has 92 valence electrons. The van der Waals surface area contributed by atoms with Gasteiger partial charge >= 0.3 is 5.97 Å². The van der Waals surface area contributed by atoms with Crippen LogP contribution < -0.4 is 4.74 Å². The fourth-order valence-corrected chi connectivity index (χ4v) is 1.85. The van der Waals surface area contributed by atoms with Crippen LogP contribution in [0.5, 0.6) is 5.75 Å². The molecule has 0 radical (unpaired) electrons. The van der Waals surface area contributed by atoms with Crippen LogP contribution in [0, 0.1) is 6.92 Å². The fraction of sp³-hybridized carbons (Fsp3) is 0.143. The van der Waals surface area contributed by atoms with Gasteiger partial charge in [-0.1, -0.05) is 12.1 Å². The van der Waals surface area contributed by atoms with E-state index in [-0.39, 0.29) is 5.69 Å². The highest BCUT2D eigenvalue weighted by Crippen LogP contribution is 2.27. The Labute approximate surface area is 105 Å². The molecule has 0 atom stereocenters. The number of pyridine rings is 1. The van der Waals surface area contributed by atoms with Crippen LogP contribution in [0.4, 0.5) is 0 Å². The quantitative estimate of drug-likeness (QED) is 0.900. The number of aryl methyl sites for hydroxylation is 1. The van der Waals surface area contributed by atoms with Crippen molar-refractivity contribution in [1.82, 2.24) is 4.98 Å². The Hall–Kier alpha value is -2.36. The molecule has 0 saturated heterocycles. The molecule has 1 heterocycles. The lowest BCUT2D eigenvalue weighted by Crippen LogP contribution is -2.02. The molecule has 0 spiro atoms. The summed E-state index contributed by atoms with van der Waals surface area (Å²) in [7, 11) is 1.61. The van der Waals surface area contributed by atoms with E-state index in [1.54, 1.807) is 19.2 Å². The molecule has 0 fully saturated rings. The molecule has 4 nitrogen and oxygen atoms in total. The zero-order valence-corrected chi connectivity index (χ0v) is 10.2. The lowest BCUT2D eigenvalue weighted by molar-refractivity contribution is 0.0691. The highest BCUT2D eigenvalue weighted by atomic mass is 16.5. The summed E-state index contributed by atoms with van der Waals surface area (Å²) in [6.45, 7) is 1.92. The summed E-state index contributed by atoms with van der Waals surface area (Å²) in [6, 6.07) is 9.01. The van der Waals surface area contributed by atoms with Crippen molar-refractivity contribution in [2.75, 3.05) is 7.11 Å². The molecule has 0 amide bonds. The van der Waals surface area contributed by atoms with Gasteiger partial charge in [0.05, 0.1) is 7.11 Å². The lowest BCUT2D eigenvalue weighted by Gasteiger charge is -2.09. The first-order valence-electron chi connectivity index (χ1n) is 5.47. The number of carboxylic acids is 1. The lowest BCUT2D eigenvalue weighted by atomic mass is 10.0. The van der Waals surface area contributed by atoms with E-state index in [0.717, 1.165) is 16.9 Å². The van der Waals surface area contributed by atoms with E-state index in [1.807, 2.05) is 25.1 Å². The van der Waals surface area contributed by atoms with Crippen LogP contribution in [-0.2, 0) is 0 Å². The van der Waals surface area contributed by atoms with Gasteiger partial charge in [0.2, 0.25) is 0 Å². The van der Waals surface area contributed by atoms with E-state index in [4.69, 9.17) is 9.84 Å². The first-order chi connectivity index (χ1) is 8.63. The standard InChI is InChI=1S/C14H13NO3/c1-9-8-10(5-6-12(9)18-2)11-4-3-7-15-13(11)14(16)17/h3-8H,1-2H3,(H,16,17). The van der Waals surface area contributed by atoms with Crippen molar-refractivity contribution >= 4 is 5.97 Å². The van der Waals surface area contributed by atoms with E-state index in [9.17, 15) is 4.79 Å². The van der Waals surface area contributed by atoms with Crippen LogP contribution in [0.1, 0.15) is 16.1 Å². The number of rotatable bonds is 3. The first-order valence-corrected chi connectivity index (χ1v) is 5.47. The topological polar surface area (TPSA) is 59.4 Å². The maximum atomic E-state index is 11.1. The summed E-state index contributed by atoms with van der Waals surface area (Å²) in [5.41, 5.74) is 2.44. The molecule has 0 aliphatic carbocycles. The number of ether oxygens (including phenoxy) is 1. The second kappa shape index (κ2) is 4.87. The summed E-state index contributed by atoms with van der Waals surface area (Å²) in [5.74, 6) is -0.251. The van der Waals surface area contributed by atoms with Gasteiger partial charge in [0.1, 0.15) is 5.75 Å². The number of nitrogens with zero attached hydrogens (tertiary/aromatic N) is 1. The van der Waals surface area contributed by atoms with Crippen molar-refractivity contribution in [2.24, 2.45) is 0 Å². The molecule has 0 bridgehead atoms. The Morgan fingerprint density at radius 2 is 2.11 bits per heavy atom. The summed E-state index contributed by atoms with van der Waals surface area (Å²) < 4.78 is 5.18. The van der Waals surface area contributed by atoms with E-state index in [0.29, 0.717) is 5.56 Å².